The molecule has 2 heterocycles. The van der Waals surface area contributed by atoms with E-state index in [2.05, 4.69) is 31.1 Å². The second kappa shape index (κ2) is 6.27. The minimum atomic E-state index is 0.925. The number of hydrogen-bond donors (Lipinski definition) is 1. The zero-order valence-corrected chi connectivity index (χ0v) is 12.6. The van der Waals surface area contributed by atoms with Gasteiger partial charge in [0.15, 0.2) is 0 Å². The van der Waals surface area contributed by atoms with Crippen LogP contribution in [-0.4, -0.2) is 9.66 Å². The summed E-state index contributed by atoms with van der Waals surface area (Å²) >= 11 is 0. The molecule has 0 aliphatic heterocycles. The molecule has 0 atom stereocenters. The molecule has 2 rings (SSSR count). The smallest absolute Gasteiger partial charge is 0.0730 e. The standard InChI is InChI=1S/C18H21N3/c1-5-7-15(6-2)13(3)8-9-16-14(4)21(19)18-10-11-20-12-17(16)18/h5,7-12H,1,3,6,19H2,2,4H3/b9-8-,15-7+. The highest BCUT2D eigenvalue weighted by atomic mass is 15.3. The van der Waals surface area contributed by atoms with Gasteiger partial charge in [-0.1, -0.05) is 44.4 Å². The predicted molar refractivity (Wildman–Crippen MR) is 91.4 cm³/mol. The molecule has 3 heteroatoms. The highest BCUT2D eigenvalue weighted by molar-refractivity contribution is 5.90. The predicted octanol–water partition coefficient (Wildman–Crippen LogP) is 4.15. The van der Waals surface area contributed by atoms with Gasteiger partial charge >= 0.3 is 0 Å². The molecule has 108 valence electrons. The lowest BCUT2D eigenvalue weighted by atomic mass is 10.0. The van der Waals surface area contributed by atoms with Crippen LogP contribution < -0.4 is 5.84 Å². The molecule has 21 heavy (non-hydrogen) atoms. The summed E-state index contributed by atoms with van der Waals surface area (Å²) in [6.45, 7) is 12.0. The van der Waals surface area contributed by atoms with Gasteiger partial charge in [0.25, 0.3) is 0 Å². The molecule has 0 saturated carbocycles. The van der Waals surface area contributed by atoms with Gasteiger partial charge in [-0.05, 0) is 30.6 Å². The van der Waals surface area contributed by atoms with Crippen molar-refractivity contribution in [2.24, 2.45) is 0 Å². The number of hydrogen-bond acceptors (Lipinski definition) is 2. The molecule has 0 spiro atoms. The average Bonchev–Trinajstić information content (AvgIpc) is 2.75. The highest BCUT2D eigenvalue weighted by Gasteiger charge is 2.10. The number of pyridine rings is 1. The van der Waals surface area contributed by atoms with Crippen molar-refractivity contribution in [1.29, 1.82) is 0 Å². The lowest BCUT2D eigenvalue weighted by Gasteiger charge is -2.03. The maximum absolute atomic E-state index is 6.09. The van der Waals surface area contributed by atoms with E-state index in [0.29, 0.717) is 0 Å². The van der Waals surface area contributed by atoms with E-state index >= 15 is 0 Å². The maximum Gasteiger partial charge on any atom is 0.0730 e. The Balaban J connectivity index is 2.42. The van der Waals surface area contributed by atoms with Gasteiger partial charge in [0.1, 0.15) is 0 Å². The minimum absolute atomic E-state index is 0.925. The third-order valence-corrected chi connectivity index (χ3v) is 3.66. The Morgan fingerprint density at radius 3 is 2.90 bits per heavy atom. The van der Waals surface area contributed by atoms with Gasteiger partial charge < -0.3 is 5.84 Å². The fourth-order valence-corrected chi connectivity index (χ4v) is 2.41. The van der Waals surface area contributed by atoms with E-state index in [-0.39, 0.29) is 0 Å². The van der Waals surface area contributed by atoms with Crippen LogP contribution >= 0.6 is 0 Å². The Hall–Kier alpha value is -2.55. The van der Waals surface area contributed by atoms with Crippen LogP contribution in [0.2, 0.25) is 0 Å². The van der Waals surface area contributed by atoms with Gasteiger partial charge in [0.2, 0.25) is 0 Å². The first-order valence-corrected chi connectivity index (χ1v) is 6.99. The molecule has 0 aliphatic rings. The number of nitrogens with zero attached hydrogens (tertiary/aromatic N) is 2. The second-order valence-electron chi connectivity index (χ2n) is 4.90. The van der Waals surface area contributed by atoms with E-state index in [1.54, 1.807) is 16.9 Å². The third-order valence-electron chi connectivity index (χ3n) is 3.66. The van der Waals surface area contributed by atoms with Crippen LogP contribution in [-0.2, 0) is 0 Å². The van der Waals surface area contributed by atoms with Gasteiger partial charge in [-0.2, -0.15) is 0 Å². The summed E-state index contributed by atoms with van der Waals surface area (Å²) in [5, 5.41) is 1.05. The van der Waals surface area contributed by atoms with Crippen LogP contribution in [0.15, 0.2) is 61.0 Å². The Labute approximate surface area is 125 Å². The Morgan fingerprint density at radius 1 is 1.48 bits per heavy atom. The Bertz CT molecular complexity index is 745. The Morgan fingerprint density at radius 2 is 2.24 bits per heavy atom. The molecule has 0 radical (unpaired) electrons. The summed E-state index contributed by atoms with van der Waals surface area (Å²) in [5.41, 5.74) is 5.22. The van der Waals surface area contributed by atoms with E-state index in [0.717, 1.165) is 34.2 Å². The number of allylic oxidation sites excluding steroid dienone is 5. The largest absolute Gasteiger partial charge is 0.339 e. The third kappa shape index (κ3) is 2.82. The van der Waals surface area contributed by atoms with Crippen molar-refractivity contribution in [1.82, 2.24) is 9.66 Å². The molecule has 0 amide bonds. The molecular formula is C18H21N3. The van der Waals surface area contributed by atoms with Crippen LogP contribution in [0.1, 0.15) is 24.6 Å². The zero-order valence-electron chi connectivity index (χ0n) is 12.6. The number of rotatable bonds is 5. The van der Waals surface area contributed by atoms with Gasteiger partial charge in [0.05, 0.1) is 5.52 Å². The summed E-state index contributed by atoms with van der Waals surface area (Å²) in [6.07, 6.45) is 12.4. The van der Waals surface area contributed by atoms with Gasteiger partial charge in [0, 0.05) is 29.0 Å². The second-order valence-corrected chi connectivity index (χ2v) is 4.90. The summed E-state index contributed by atoms with van der Waals surface area (Å²) in [4.78, 5) is 4.19. The molecule has 0 bridgehead atoms. The average molecular weight is 279 g/mol. The summed E-state index contributed by atoms with van der Waals surface area (Å²) in [6, 6.07) is 1.92. The van der Waals surface area contributed by atoms with Crippen molar-refractivity contribution in [3.8, 4) is 0 Å². The normalized spacial score (nSPS) is 12.2. The molecule has 3 nitrogen and oxygen atoms in total. The van der Waals surface area contributed by atoms with E-state index in [1.165, 1.54) is 5.57 Å². The van der Waals surface area contributed by atoms with Crippen LogP contribution in [0, 0.1) is 6.92 Å². The molecule has 0 aromatic carbocycles. The van der Waals surface area contributed by atoms with Crippen molar-refractivity contribution in [2.45, 2.75) is 20.3 Å². The lowest BCUT2D eigenvalue weighted by Crippen LogP contribution is -2.09. The zero-order chi connectivity index (χ0) is 15.4. The maximum atomic E-state index is 6.09. The first-order valence-electron chi connectivity index (χ1n) is 6.99. The fraction of sp³-hybridized carbons (Fsp3) is 0.167. The topological polar surface area (TPSA) is 43.8 Å². The molecule has 0 saturated heterocycles. The number of nitrogen functional groups attached to an aromatic ring is 1. The minimum Gasteiger partial charge on any atom is -0.339 e. The highest BCUT2D eigenvalue weighted by Crippen LogP contribution is 2.25. The molecule has 2 aromatic rings. The number of nitrogens with two attached hydrogens (primary N) is 1. The lowest BCUT2D eigenvalue weighted by molar-refractivity contribution is 0.996. The van der Waals surface area contributed by atoms with Crippen molar-refractivity contribution >= 4 is 17.0 Å². The van der Waals surface area contributed by atoms with Crippen LogP contribution in [0.4, 0.5) is 0 Å². The van der Waals surface area contributed by atoms with Crippen LogP contribution in [0.3, 0.4) is 0 Å². The fourth-order valence-electron chi connectivity index (χ4n) is 2.41. The van der Waals surface area contributed by atoms with Gasteiger partial charge in [-0.3, -0.25) is 9.66 Å². The quantitative estimate of drug-likeness (QED) is 0.660. The molecular weight excluding hydrogens is 258 g/mol. The van der Waals surface area contributed by atoms with Crippen molar-refractivity contribution < 1.29 is 0 Å². The first-order chi connectivity index (χ1) is 10.1. The van der Waals surface area contributed by atoms with E-state index < -0.39 is 0 Å². The van der Waals surface area contributed by atoms with E-state index in [1.807, 2.05) is 31.3 Å². The SMILES string of the molecule is C=C/C=C(\CC)C(=C)/C=C\c1c(C)n(N)c2ccncc12. The summed E-state index contributed by atoms with van der Waals surface area (Å²) in [7, 11) is 0. The van der Waals surface area contributed by atoms with E-state index in [9.17, 15) is 0 Å². The van der Waals surface area contributed by atoms with Crippen LogP contribution in [0.25, 0.3) is 17.0 Å². The summed E-state index contributed by atoms with van der Waals surface area (Å²) in [5.74, 6) is 6.09. The van der Waals surface area contributed by atoms with E-state index in [4.69, 9.17) is 5.84 Å². The molecule has 0 unspecified atom stereocenters. The van der Waals surface area contributed by atoms with Gasteiger partial charge in [-0.25, -0.2) is 0 Å². The van der Waals surface area contributed by atoms with Crippen molar-refractivity contribution in [3.05, 3.63) is 72.2 Å². The number of fused-ring (bicyclic) bond motifs is 1. The molecule has 0 aliphatic carbocycles. The summed E-state index contributed by atoms with van der Waals surface area (Å²) < 4.78 is 1.69. The molecule has 2 aromatic heterocycles. The molecule has 2 N–H and O–H groups in total. The Kier molecular flexibility index (Phi) is 4.43. The first kappa shape index (κ1) is 14.9. The van der Waals surface area contributed by atoms with Gasteiger partial charge in [-0.15, -0.1) is 0 Å². The monoisotopic (exact) mass is 279 g/mol. The number of aromatic nitrogens is 2. The van der Waals surface area contributed by atoms with Crippen LogP contribution in [0.5, 0.6) is 0 Å². The van der Waals surface area contributed by atoms with Crippen molar-refractivity contribution in [2.75, 3.05) is 5.84 Å². The van der Waals surface area contributed by atoms with Crippen molar-refractivity contribution in [3.63, 3.8) is 0 Å². The molecule has 0 fully saturated rings.